The number of fused-ring (bicyclic) bond motifs is 1. The van der Waals surface area contributed by atoms with E-state index in [0.717, 1.165) is 19.1 Å². The maximum absolute atomic E-state index is 5.88. The third kappa shape index (κ3) is 2.00. The fraction of sp³-hybridized carbons (Fsp3) is 0.571. The summed E-state index contributed by atoms with van der Waals surface area (Å²) < 4.78 is 5.88. The smallest absolute Gasteiger partial charge is 0.0717 e. The lowest BCUT2D eigenvalue weighted by Gasteiger charge is -2.22. The van der Waals surface area contributed by atoms with Gasteiger partial charge in [-0.2, -0.15) is 0 Å². The first kappa shape index (κ1) is 10.3. The minimum absolute atomic E-state index is 0.542. The summed E-state index contributed by atoms with van der Waals surface area (Å²) in [5, 5.41) is 3.45. The van der Waals surface area contributed by atoms with Crippen molar-refractivity contribution in [2.45, 2.75) is 19.4 Å². The maximum Gasteiger partial charge on any atom is 0.0717 e. The second kappa shape index (κ2) is 4.19. The predicted octanol–water partition coefficient (Wildman–Crippen LogP) is 2.20. The van der Waals surface area contributed by atoms with Gasteiger partial charge in [0, 0.05) is 0 Å². The van der Waals surface area contributed by atoms with Crippen LogP contribution in [0.15, 0.2) is 30.3 Å². The molecule has 1 aliphatic carbocycles. The monoisotopic (exact) mass is 217 g/mol. The quantitative estimate of drug-likeness (QED) is 0.835. The first-order valence-corrected chi connectivity index (χ1v) is 6.21. The van der Waals surface area contributed by atoms with Crippen molar-refractivity contribution < 1.29 is 4.74 Å². The highest BCUT2D eigenvalue weighted by Gasteiger charge is 2.54. The molecule has 1 aliphatic heterocycles. The molecule has 1 heterocycles. The Hall–Kier alpha value is -0.860. The van der Waals surface area contributed by atoms with Crippen LogP contribution in [0.2, 0.25) is 0 Å². The molecule has 2 heteroatoms. The zero-order valence-corrected chi connectivity index (χ0v) is 9.61. The average molecular weight is 217 g/mol. The summed E-state index contributed by atoms with van der Waals surface area (Å²) in [6.45, 7) is 4.09. The van der Waals surface area contributed by atoms with Gasteiger partial charge in [0.2, 0.25) is 0 Å². The SMILES string of the molecule is c1ccc(COCC23CCNCC2C3)cc1. The fourth-order valence-corrected chi connectivity index (χ4v) is 2.84. The zero-order valence-electron chi connectivity index (χ0n) is 9.61. The molecule has 2 aliphatic rings. The Morgan fingerprint density at radius 2 is 2.19 bits per heavy atom. The number of nitrogens with one attached hydrogen (secondary N) is 1. The van der Waals surface area contributed by atoms with Gasteiger partial charge in [-0.25, -0.2) is 0 Å². The van der Waals surface area contributed by atoms with E-state index in [1.807, 2.05) is 6.07 Å². The molecular formula is C14H19NO. The first-order chi connectivity index (χ1) is 7.89. The second-order valence-corrected chi connectivity index (χ2v) is 5.20. The highest BCUT2D eigenvalue weighted by Crippen LogP contribution is 2.56. The van der Waals surface area contributed by atoms with Gasteiger partial charge < -0.3 is 10.1 Å². The van der Waals surface area contributed by atoms with Gasteiger partial charge in [-0.1, -0.05) is 30.3 Å². The van der Waals surface area contributed by atoms with Crippen molar-refractivity contribution >= 4 is 0 Å². The Morgan fingerprint density at radius 1 is 1.31 bits per heavy atom. The zero-order chi connectivity index (χ0) is 10.8. The first-order valence-electron chi connectivity index (χ1n) is 6.21. The minimum Gasteiger partial charge on any atom is -0.376 e. The van der Waals surface area contributed by atoms with Crippen molar-refractivity contribution in [3.63, 3.8) is 0 Å². The molecule has 0 spiro atoms. The Bertz CT molecular complexity index is 351. The second-order valence-electron chi connectivity index (χ2n) is 5.20. The highest BCUT2D eigenvalue weighted by atomic mass is 16.5. The van der Waals surface area contributed by atoms with Gasteiger partial charge >= 0.3 is 0 Å². The molecule has 0 bridgehead atoms. The molecule has 1 aromatic rings. The summed E-state index contributed by atoms with van der Waals surface area (Å²) in [5.74, 6) is 0.886. The molecular weight excluding hydrogens is 198 g/mol. The molecule has 0 aromatic heterocycles. The van der Waals surface area contributed by atoms with Crippen molar-refractivity contribution in [3.8, 4) is 0 Å². The normalized spacial score (nSPS) is 32.1. The summed E-state index contributed by atoms with van der Waals surface area (Å²) in [6, 6.07) is 10.4. The van der Waals surface area contributed by atoms with Crippen LogP contribution in [-0.4, -0.2) is 19.7 Å². The standard InChI is InChI=1S/C14H19NO/c1-2-4-12(5-3-1)10-16-11-14-6-7-15-9-13(14)8-14/h1-5,13,15H,6-11H2. The predicted molar refractivity (Wildman–Crippen MR) is 64.1 cm³/mol. The van der Waals surface area contributed by atoms with E-state index in [1.165, 1.54) is 31.5 Å². The largest absolute Gasteiger partial charge is 0.376 e. The molecule has 1 saturated carbocycles. The van der Waals surface area contributed by atoms with E-state index < -0.39 is 0 Å². The van der Waals surface area contributed by atoms with E-state index in [-0.39, 0.29) is 0 Å². The van der Waals surface area contributed by atoms with E-state index in [4.69, 9.17) is 4.74 Å². The molecule has 2 fully saturated rings. The van der Waals surface area contributed by atoms with Crippen LogP contribution in [0.5, 0.6) is 0 Å². The number of piperidine rings is 1. The number of benzene rings is 1. The van der Waals surface area contributed by atoms with E-state index in [2.05, 4.69) is 29.6 Å². The van der Waals surface area contributed by atoms with Gasteiger partial charge in [-0.3, -0.25) is 0 Å². The van der Waals surface area contributed by atoms with Crippen LogP contribution in [-0.2, 0) is 11.3 Å². The number of ether oxygens (including phenoxy) is 1. The molecule has 0 radical (unpaired) electrons. The number of hydrogen-bond acceptors (Lipinski definition) is 2. The lowest BCUT2D eigenvalue weighted by atomic mass is 9.97. The Balaban J connectivity index is 1.47. The topological polar surface area (TPSA) is 21.3 Å². The molecule has 1 aromatic carbocycles. The van der Waals surface area contributed by atoms with Crippen LogP contribution >= 0.6 is 0 Å². The lowest BCUT2D eigenvalue weighted by Crippen LogP contribution is -2.31. The molecule has 3 rings (SSSR count). The summed E-state index contributed by atoms with van der Waals surface area (Å²) >= 11 is 0. The Labute approximate surface area is 97.0 Å². The van der Waals surface area contributed by atoms with Crippen LogP contribution in [0, 0.1) is 11.3 Å². The van der Waals surface area contributed by atoms with Crippen molar-refractivity contribution in [3.05, 3.63) is 35.9 Å². The van der Waals surface area contributed by atoms with Gasteiger partial charge in [0.1, 0.15) is 0 Å². The van der Waals surface area contributed by atoms with Gasteiger partial charge in [-0.05, 0) is 42.8 Å². The minimum atomic E-state index is 0.542. The highest BCUT2D eigenvalue weighted by molar-refractivity contribution is 5.13. The maximum atomic E-state index is 5.88. The van der Waals surface area contributed by atoms with Crippen molar-refractivity contribution in [2.75, 3.05) is 19.7 Å². The van der Waals surface area contributed by atoms with Crippen molar-refractivity contribution in [2.24, 2.45) is 11.3 Å². The van der Waals surface area contributed by atoms with Gasteiger partial charge in [0.05, 0.1) is 13.2 Å². The van der Waals surface area contributed by atoms with E-state index in [0.29, 0.717) is 5.41 Å². The van der Waals surface area contributed by atoms with Crippen molar-refractivity contribution in [1.29, 1.82) is 0 Å². The summed E-state index contributed by atoms with van der Waals surface area (Å²) in [4.78, 5) is 0. The van der Waals surface area contributed by atoms with Gasteiger partial charge in [-0.15, -0.1) is 0 Å². The van der Waals surface area contributed by atoms with Crippen LogP contribution in [0.1, 0.15) is 18.4 Å². The number of rotatable bonds is 4. The van der Waals surface area contributed by atoms with Crippen LogP contribution in [0.4, 0.5) is 0 Å². The molecule has 2 atom stereocenters. The summed E-state index contributed by atoms with van der Waals surface area (Å²) in [6.07, 6.45) is 2.67. The van der Waals surface area contributed by atoms with Gasteiger partial charge in [0.15, 0.2) is 0 Å². The van der Waals surface area contributed by atoms with E-state index in [1.54, 1.807) is 0 Å². The molecule has 1 saturated heterocycles. The molecule has 16 heavy (non-hydrogen) atoms. The van der Waals surface area contributed by atoms with Crippen LogP contribution in [0.3, 0.4) is 0 Å². The van der Waals surface area contributed by atoms with Crippen LogP contribution < -0.4 is 5.32 Å². The lowest BCUT2D eigenvalue weighted by molar-refractivity contribution is 0.0638. The summed E-state index contributed by atoms with van der Waals surface area (Å²) in [7, 11) is 0. The third-order valence-corrected chi connectivity index (χ3v) is 4.05. The number of hydrogen-bond donors (Lipinski definition) is 1. The Kier molecular flexibility index (Phi) is 2.70. The summed E-state index contributed by atoms with van der Waals surface area (Å²) in [5.41, 5.74) is 1.82. The van der Waals surface area contributed by atoms with E-state index >= 15 is 0 Å². The molecule has 2 unspecified atom stereocenters. The average Bonchev–Trinajstić information content (AvgIpc) is 3.05. The molecule has 86 valence electrons. The Morgan fingerprint density at radius 3 is 3.00 bits per heavy atom. The van der Waals surface area contributed by atoms with E-state index in [9.17, 15) is 0 Å². The fourth-order valence-electron chi connectivity index (χ4n) is 2.84. The van der Waals surface area contributed by atoms with Crippen LogP contribution in [0.25, 0.3) is 0 Å². The van der Waals surface area contributed by atoms with Gasteiger partial charge in [0.25, 0.3) is 0 Å². The molecule has 1 N–H and O–H groups in total. The third-order valence-electron chi connectivity index (χ3n) is 4.05. The molecule has 2 nitrogen and oxygen atoms in total. The van der Waals surface area contributed by atoms with Crippen molar-refractivity contribution in [1.82, 2.24) is 5.32 Å². The molecule has 0 amide bonds.